The van der Waals surface area contributed by atoms with Crippen molar-refractivity contribution in [1.82, 2.24) is 9.88 Å². The Kier molecular flexibility index (Phi) is 6.50. The molecule has 0 bridgehead atoms. The van der Waals surface area contributed by atoms with Crippen molar-refractivity contribution < 1.29 is 4.74 Å². The molecule has 3 heteroatoms. The first-order valence-corrected chi connectivity index (χ1v) is 10.7. The zero-order chi connectivity index (χ0) is 20.8. The molecule has 30 heavy (non-hydrogen) atoms. The van der Waals surface area contributed by atoms with Gasteiger partial charge in [0.1, 0.15) is 5.75 Å². The molecular formula is C27H30N2O. The third-order valence-electron chi connectivity index (χ3n) is 5.73. The fraction of sp³-hybridized carbons (Fsp3) is 0.259. The number of benzene rings is 3. The number of aromatic nitrogens is 1. The van der Waals surface area contributed by atoms with Gasteiger partial charge in [0.2, 0.25) is 0 Å². The van der Waals surface area contributed by atoms with Crippen molar-refractivity contribution in [3.63, 3.8) is 0 Å². The Labute approximate surface area is 179 Å². The summed E-state index contributed by atoms with van der Waals surface area (Å²) in [6, 6.07) is 27.8. The van der Waals surface area contributed by atoms with Crippen LogP contribution in [0.4, 0.5) is 0 Å². The van der Waals surface area contributed by atoms with Gasteiger partial charge in [0.05, 0.1) is 7.11 Å². The molecule has 1 aromatic heterocycles. The number of hydrogen-bond donors (Lipinski definition) is 1. The van der Waals surface area contributed by atoms with E-state index < -0.39 is 0 Å². The van der Waals surface area contributed by atoms with Crippen LogP contribution in [0.3, 0.4) is 0 Å². The van der Waals surface area contributed by atoms with Crippen molar-refractivity contribution >= 4 is 10.9 Å². The summed E-state index contributed by atoms with van der Waals surface area (Å²) in [5, 5.41) is 1.28. The number of hydrogen-bond acceptors (Lipinski definition) is 2. The van der Waals surface area contributed by atoms with Gasteiger partial charge in [-0.05, 0) is 61.2 Å². The van der Waals surface area contributed by atoms with E-state index in [1.165, 1.54) is 33.3 Å². The highest BCUT2D eigenvalue weighted by molar-refractivity contribution is 5.86. The maximum Gasteiger partial charge on any atom is 0.119 e. The SMILES string of the molecule is COc1ccc2[nH]c(C)c(CCCN(Cc3ccccc3)Cc3ccccc3)c2c1. The molecule has 3 aromatic carbocycles. The second-order valence-corrected chi connectivity index (χ2v) is 7.93. The molecule has 3 nitrogen and oxygen atoms in total. The van der Waals surface area contributed by atoms with Crippen molar-refractivity contribution in [2.24, 2.45) is 0 Å². The standard InChI is InChI=1S/C27H30N2O/c1-21-25(26-18-24(30-2)15-16-27(26)28-21)14-9-17-29(19-22-10-5-3-6-11-22)20-23-12-7-4-8-13-23/h3-8,10-13,15-16,18,28H,9,14,17,19-20H2,1-2H3. The summed E-state index contributed by atoms with van der Waals surface area (Å²) in [5.74, 6) is 0.914. The summed E-state index contributed by atoms with van der Waals surface area (Å²) < 4.78 is 5.44. The minimum Gasteiger partial charge on any atom is -0.497 e. The normalized spacial score (nSPS) is 11.3. The molecule has 0 atom stereocenters. The number of rotatable bonds is 9. The van der Waals surface area contributed by atoms with Crippen molar-refractivity contribution in [2.75, 3.05) is 13.7 Å². The molecule has 0 saturated heterocycles. The van der Waals surface area contributed by atoms with Gasteiger partial charge >= 0.3 is 0 Å². The minimum absolute atomic E-state index is 0.914. The van der Waals surface area contributed by atoms with E-state index in [4.69, 9.17) is 4.74 Å². The largest absolute Gasteiger partial charge is 0.497 e. The molecule has 0 unspecified atom stereocenters. The Morgan fingerprint density at radius 2 is 1.47 bits per heavy atom. The summed E-state index contributed by atoms with van der Waals surface area (Å²) in [7, 11) is 1.73. The number of fused-ring (bicyclic) bond motifs is 1. The number of methoxy groups -OCH3 is 1. The Bertz CT molecular complexity index is 1030. The molecule has 154 valence electrons. The molecular weight excluding hydrogens is 368 g/mol. The van der Waals surface area contributed by atoms with Crippen LogP contribution in [-0.2, 0) is 19.5 Å². The van der Waals surface area contributed by atoms with Crippen LogP contribution in [0.25, 0.3) is 10.9 Å². The Balaban J connectivity index is 1.47. The van der Waals surface area contributed by atoms with Gasteiger partial charge in [0.15, 0.2) is 0 Å². The quantitative estimate of drug-likeness (QED) is 0.368. The smallest absolute Gasteiger partial charge is 0.119 e. The van der Waals surface area contributed by atoms with E-state index in [0.29, 0.717) is 0 Å². The molecule has 0 aliphatic rings. The Morgan fingerprint density at radius 1 is 0.833 bits per heavy atom. The van der Waals surface area contributed by atoms with Crippen LogP contribution < -0.4 is 4.74 Å². The lowest BCUT2D eigenvalue weighted by molar-refractivity contribution is 0.253. The van der Waals surface area contributed by atoms with Gasteiger partial charge in [0.25, 0.3) is 0 Å². The number of ether oxygens (including phenoxy) is 1. The van der Waals surface area contributed by atoms with E-state index >= 15 is 0 Å². The number of aryl methyl sites for hydroxylation is 2. The van der Waals surface area contributed by atoms with E-state index in [1.807, 2.05) is 6.07 Å². The number of nitrogens with one attached hydrogen (secondary N) is 1. The lowest BCUT2D eigenvalue weighted by Gasteiger charge is -2.23. The fourth-order valence-corrected chi connectivity index (χ4v) is 4.19. The highest BCUT2D eigenvalue weighted by atomic mass is 16.5. The van der Waals surface area contributed by atoms with Gasteiger partial charge in [0, 0.05) is 29.7 Å². The number of H-pyrrole nitrogens is 1. The van der Waals surface area contributed by atoms with E-state index in [-0.39, 0.29) is 0 Å². The van der Waals surface area contributed by atoms with Crippen LogP contribution in [0.15, 0.2) is 78.9 Å². The second kappa shape index (κ2) is 9.64. The van der Waals surface area contributed by atoms with Crippen molar-refractivity contribution in [3.8, 4) is 5.75 Å². The summed E-state index contributed by atoms with van der Waals surface area (Å²) in [5.41, 5.74) is 6.58. The van der Waals surface area contributed by atoms with Crippen molar-refractivity contribution in [1.29, 1.82) is 0 Å². The van der Waals surface area contributed by atoms with Gasteiger partial charge in [-0.1, -0.05) is 60.7 Å². The first-order chi connectivity index (χ1) is 14.7. The van der Waals surface area contributed by atoms with E-state index in [0.717, 1.165) is 38.2 Å². The van der Waals surface area contributed by atoms with Crippen molar-refractivity contribution in [2.45, 2.75) is 32.9 Å². The van der Waals surface area contributed by atoms with E-state index in [9.17, 15) is 0 Å². The van der Waals surface area contributed by atoms with Crippen LogP contribution in [0.2, 0.25) is 0 Å². The predicted molar refractivity (Wildman–Crippen MR) is 125 cm³/mol. The third kappa shape index (κ3) is 4.92. The molecule has 0 amide bonds. The first-order valence-electron chi connectivity index (χ1n) is 10.7. The molecule has 0 aliphatic carbocycles. The zero-order valence-corrected chi connectivity index (χ0v) is 17.9. The molecule has 0 fully saturated rings. The lowest BCUT2D eigenvalue weighted by atomic mass is 10.0. The molecule has 0 spiro atoms. The summed E-state index contributed by atoms with van der Waals surface area (Å²) >= 11 is 0. The average molecular weight is 399 g/mol. The second-order valence-electron chi connectivity index (χ2n) is 7.93. The van der Waals surface area contributed by atoms with Gasteiger partial charge in [-0.3, -0.25) is 4.90 Å². The van der Waals surface area contributed by atoms with Gasteiger partial charge in [-0.2, -0.15) is 0 Å². The Hall–Kier alpha value is -3.04. The molecule has 0 radical (unpaired) electrons. The van der Waals surface area contributed by atoms with Gasteiger partial charge < -0.3 is 9.72 Å². The van der Waals surface area contributed by atoms with Gasteiger partial charge in [-0.15, -0.1) is 0 Å². The highest BCUT2D eigenvalue weighted by Gasteiger charge is 2.12. The highest BCUT2D eigenvalue weighted by Crippen LogP contribution is 2.27. The molecule has 0 saturated carbocycles. The summed E-state index contributed by atoms with van der Waals surface area (Å²) in [6.45, 7) is 5.17. The molecule has 0 aliphatic heterocycles. The lowest BCUT2D eigenvalue weighted by Crippen LogP contribution is -2.24. The summed E-state index contributed by atoms with van der Waals surface area (Å²) in [6.07, 6.45) is 2.17. The fourth-order valence-electron chi connectivity index (χ4n) is 4.19. The zero-order valence-electron chi connectivity index (χ0n) is 17.9. The average Bonchev–Trinajstić information content (AvgIpc) is 3.09. The van der Waals surface area contributed by atoms with Crippen molar-refractivity contribution in [3.05, 3.63) is 101 Å². The minimum atomic E-state index is 0.914. The van der Waals surface area contributed by atoms with E-state index in [2.05, 4.69) is 89.6 Å². The Morgan fingerprint density at radius 3 is 2.07 bits per heavy atom. The van der Waals surface area contributed by atoms with Crippen LogP contribution in [0.1, 0.15) is 28.8 Å². The van der Waals surface area contributed by atoms with Crippen LogP contribution in [-0.4, -0.2) is 23.5 Å². The monoisotopic (exact) mass is 398 g/mol. The van der Waals surface area contributed by atoms with Crippen LogP contribution in [0, 0.1) is 6.92 Å². The van der Waals surface area contributed by atoms with Crippen LogP contribution >= 0.6 is 0 Å². The van der Waals surface area contributed by atoms with Crippen LogP contribution in [0.5, 0.6) is 5.75 Å². The molecule has 1 heterocycles. The predicted octanol–water partition coefficient (Wildman–Crippen LogP) is 6.12. The molecule has 1 N–H and O–H groups in total. The molecule has 4 rings (SSSR count). The number of aromatic amines is 1. The maximum absolute atomic E-state index is 5.44. The number of nitrogens with zero attached hydrogens (tertiary/aromatic N) is 1. The maximum atomic E-state index is 5.44. The third-order valence-corrected chi connectivity index (χ3v) is 5.73. The van der Waals surface area contributed by atoms with Gasteiger partial charge in [-0.25, -0.2) is 0 Å². The molecule has 4 aromatic rings. The van der Waals surface area contributed by atoms with E-state index in [1.54, 1.807) is 7.11 Å². The first kappa shape index (κ1) is 20.2. The topological polar surface area (TPSA) is 28.3 Å². The summed E-state index contributed by atoms with van der Waals surface area (Å²) in [4.78, 5) is 6.08.